The zero-order chi connectivity index (χ0) is 21.1. The molecule has 1 N–H and O–H groups in total. The second-order valence-corrected chi connectivity index (χ2v) is 7.73. The molecule has 1 aliphatic heterocycles. The van der Waals surface area contributed by atoms with Crippen LogP contribution in [0.1, 0.15) is 46.4 Å². The average molecular weight is 412 g/mol. The third-order valence-electron chi connectivity index (χ3n) is 5.51. The number of ether oxygens (including phenoxy) is 2. The lowest BCUT2D eigenvalue weighted by Crippen LogP contribution is -2.39. The highest BCUT2D eigenvalue weighted by Gasteiger charge is 2.30. The Hall–Kier alpha value is -3.09. The van der Waals surface area contributed by atoms with Gasteiger partial charge in [-0.2, -0.15) is 0 Å². The number of carbonyl (C=O) groups is 2. The van der Waals surface area contributed by atoms with E-state index >= 15 is 0 Å². The molecule has 1 unspecified atom stereocenters. The van der Waals surface area contributed by atoms with Crippen molar-refractivity contribution >= 4 is 11.8 Å². The summed E-state index contributed by atoms with van der Waals surface area (Å²) < 4.78 is 24.8. The van der Waals surface area contributed by atoms with Crippen molar-refractivity contribution < 1.29 is 23.5 Å². The predicted octanol–water partition coefficient (Wildman–Crippen LogP) is 3.41. The number of methoxy groups -OCH3 is 1. The van der Waals surface area contributed by atoms with Gasteiger partial charge in [-0.25, -0.2) is 4.39 Å². The van der Waals surface area contributed by atoms with E-state index in [-0.39, 0.29) is 23.6 Å². The molecule has 2 fully saturated rings. The quantitative estimate of drug-likeness (QED) is 0.757. The Kier molecular flexibility index (Phi) is 5.88. The highest BCUT2D eigenvalue weighted by molar-refractivity contribution is 5.95. The van der Waals surface area contributed by atoms with E-state index in [4.69, 9.17) is 9.47 Å². The van der Waals surface area contributed by atoms with Gasteiger partial charge in [0.25, 0.3) is 11.8 Å². The number of carbonyl (C=O) groups excluding carboxylic acids is 2. The summed E-state index contributed by atoms with van der Waals surface area (Å²) >= 11 is 0. The van der Waals surface area contributed by atoms with E-state index in [1.807, 2.05) is 0 Å². The number of hydrogen-bond donors (Lipinski definition) is 1. The van der Waals surface area contributed by atoms with Crippen LogP contribution in [-0.2, 0) is 0 Å². The Morgan fingerprint density at radius 2 is 1.83 bits per heavy atom. The van der Waals surface area contributed by atoms with Gasteiger partial charge in [-0.1, -0.05) is 0 Å². The molecule has 2 aromatic carbocycles. The van der Waals surface area contributed by atoms with Crippen LogP contribution in [0.4, 0.5) is 4.39 Å². The fourth-order valence-corrected chi connectivity index (χ4v) is 3.63. The van der Waals surface area contributed by atoms with Gasteiger partial charge in [-0.3, -0.25) is 9.59 Å². The zero-order valence-electron chi connectivity index (χ0n) is 16.9. The van der Waals surface area contributed by atoms with E-state index in [2.05, 4.69) is 5.32 Å². The van der Waals surface area contributed by atoms with E-state index in [1.165, 1.54) is 19.2 Å². The number of halogens is 1. The standard InChI is InChI=1S/C23H25FN2O4/c1-29-21-11-6-16(13-20(21)24)23(28)26-12-2-3-18(26)14-30-19-9-4-15(5-10-19)22(27)25-17-7-8-17/h4-6,9-11,13,17-18H,2-3,7-8,12,14H2,1H3,(H,25,27). The maximum Gasteiger partial charge on any atom is 0.254 e. The van der Waals surface area contributed by atoms with Crippen molar-refractivity contribution in [2.24, 2.45) is 0 Å². The van der Waals surface area contributed by atoms with Gasteiger partial charge >= 0.3 is 0 Å². The Labute approximate surface area is 175 Å². The summed E-state index contributed by atoms with van der Waals surface area (Å²) in [5, 5.41) is 2.95. The Morgan fingerprint density at radius 3 is 2.50 bits per heavy atom. The molecule has 0 bridgehead atoms. The van der Waals surface area contributed by atoms with Crippen LogP contribution in [0.5, 0.6) is 11.5 Å². The first-order chi connectivity index (χ1) is 14.5. The average Bonchev–Trinajstić information content (AvgIpc) is 3.45. The Morgan fingerprint density at radius 1 is 1.10 bits per heavy atom. The maximum absolute atomic E-state index is 14.0. The molecular weight excluding hydrogens is 387 g/mol. The minimum atomic E-state index is -0.554. The lowest BCUT2D eigenvalue weighted by Gasteiger charge is -2.25. The largest absolute Gasteiger partial charge is 0.494 e. The minimum absolute atomic E-state index is 0.0664. The van der Waals surface area contributed by atoms with Crippen LogP contribution in [0.25, 0.3) is 0 Å². The van der Waals surface area contributed by atoms with Gasteiger partial charge in [-0.15, -0.1) is 0 Å². The fourth-order valence-electron chi connectivity index (χ4n) is 3.63. The summed E-state index contributed by atoms with van der Waals surface area (Å²) in [6, 6.07) is 11.5. The second kappa shape index (κ2) is 8.73. The van der Waals surface area contributed by atoms with Crippen molar-refractivity contribution in [2.75, 3.05) is 20.3 Å². The smallest absolute Gasteiger partial charge is 0.254 e. The van der Waals surface area contributed by atoms with Crippen molar-refractivity contribution in [2.45, 2.75) is 37.8 Å². The zero-order valence-corrected chi connectivity index (χ0v) is 16.9. The van der Waals surface area contributed by atoms with Gasteiger partial charge in [0.2, 0.25) is 0 Å². The highest BCUT2D eigenvalue weighted by Crippen LogP contribution is 2.24. The Bertz CT molecular complexity index is 927. The van der Waals surface area contributed by atoms with Gasteiger partial charge in [0.05, 0.1) is 13.2 Å². The van der Waals surface area contributed by atoms with Crippen LogP contribution in [-0.4, -0.2) is 49.1 Å². The number of nitrogens with one attached hydrogen (secondary N) is 1. The topological polar surface area (TPSA) is 67.9 Å². The number of rotatable bonds is 7. The monoisotopic (exact) mass is 412 g/mol. The van der Waals surface area contributed by atoms with Gasteiger partial charge in [-0.05, 0) is 68.1 Å². The van der Waals surface area contributed by atoms with E-state index in [9.17, 15) is 14.0 Å². The summed E-state index contributed by atoms with van der Waals surface area (Å²) in [6.07, 6.45) is 3.80. The summed E-state index contributed by atoms with van der Waals surface area (Å²) in [4.78, 5) is 26.6. The molecule has 2 aliphatic rings. The molecule has 4 rings (SSSR count). The molecule has 2 aromatic rings. The Balaban J connectivity index is 1.35. The number of hydrogen-bond acceptors (Lipinski definition) is 4. The molecule has 1 saturated carbocycles. The van der Waals surface area contributed by atoms with Crippen LogP contribution >= 0.6 is 0 Å². The highest BCUT2D eigenvalue weighted by atomic mass is 19.1. The lowest BCUT2D eigenvalue weighted by atomic mass is 10.1. The molecule has 1 heterocycles. The molecule has 7 heteroatoms. The van der Waals surface area contributed by atoms with Gasteiger partial charge in [0.15, 0.2) is 11.6 Å². The fraction of sp³-hybridized carbons (Fsp3) is 0.391. The van der Waals surface area contributed by atoms with Gasteiger partial charge < -0.3 is 19.7 Å². The summed E-state index contributed by atoms with van der Waals surface area (Å²) in [5.41, 5.74) is 0.902. The third-order valence-corrected chi connectivity index (χ3v) is 5.51. The summed E-state index contributed by atoms with van der Waals surface area (Å²) in [6.45, 7) is 0.957. The first-order valence-corrected chi connectivity index (χ1v) is 10.2. The normalized spacial score (nSPS) is 18.2. The van der Waals surface area contributed by atoms with E-state index < -0.39 is 5.82 Å². The molecule has 6 nitrogen and oxygen atoms in total. The lowest BCUT2D eigenvalue weighted by molar-refractivity contribution is 0.0690. The minimum Gasteiger partial charge on any atom is -0.494 e. The first kappa shape index (κ1) is 20.2. The van der Waals surface area contributed by atoms with Crippen LogP contribution in [0.2, 0.25) is 0 Å². The first-order valence-electron chi connectivity index (χ1n) is 10.2. The molecule has 30 heavy (non-hydrogen) atoms. The van der Waals surface area contributed by atoms with Crippen molar-refractivity contribution in [3.63, 3.8) is 0 Å². The van der Waals surface area contributed by atoms with Crippen molar-refractivity contribution in [3.8, 4) is 11.5 Å². The van der Waals surface area contributed by atoms with Crippen LogP contribution < -0.4 is 14.8 Å². The van der Waals surface area contributed by atoms with E-state index in [1.54, 1.807) is 35.2 Å². The number of benzene rings is 2. The maximum atomic E-state index is 14.0. The van der Waals surface area contributed by atoms with Crippen LogP contribution in [0, 0.1) is 5.82 Å². The van der Waals surface area contributed by atoms with E-state index in [0.717, 1.165) is 25.7 Å². The number of amides is 2. The van der Waals surface area contributed by atoms with Crippen LogP contribution in [0.15, 0.2) is 42.5 Å². The van der Waals surface area contributed by atoms with Crippen molar-refractivity contribution in [1.82, 2.24) is 10.2 Å². The molecule has 0 spiro atoms. The number of nitrogens with zero attached hydrogens (tertiary/aromatic N) is 1. The van der Waals surface area contributed by atoms with Gasteiger partial charge in [0, 0.05) is 23.7 Å². The molecule has 0 radical (unpaired) electrons. The van der Waals surface area contributed by atoms with Gasteiger partial charge in [0.1, 0.15) is 12.4 Å². The van der Waals surface area contributed by atoms with Crippen LogP contribution in [0.3, 0.4) is 0 Å². The number of likely N-dealkylation sites (tertiary alicyclic amines) is 1. The van der Waals surface area contributed by atoms with Crippen molar-refractivity contribution in [3.05, 3.63) is 59.4 Å². The van der Waals surface area contributed by atoms with Crippen molar-refractivity contribution in [1.29, 1.82) is 0 Å². The third kappa shape index (κ3) is 4.56. The molecule has 2 amide bonds. The second-order valence-electron chi connectivity index (χ2n) is 7.73. The molecule has 0 aromatic heterocycles. The van der Waals surface area contributed by atoms with E-state index in [0.29, 0.717) is 36.1 Å². The predicted molar refractivity (Wildman–Crippen MR) is 109 cm³/mol. The molecule has 1 saturated heterocycles. The summed E-state index contributed by atoms with van der Waals surface area (Å²) in [7, 11) is 1.39. The summed E-state index contributed by atoms with van der Waals surface area (Å²) in [5.74, 6) is -0.0749. The molecule has 1 aliphatic carbocycles. The SMILES string of the molecule is COc1ccc(C(=O)N2CCCC2COc2ccc(C(=O)NC3CC3)cc2)cc1F. The molecule has 1 atom stereocenters. The molecular formula is C23H25FN2O4. The molecule has 158 valence electrons.